The maximum absolute atomic E-state index is 8.97. The van der Waals surface area contributed by atoms with Gasteiger partial charge in [0, 0.05) is 25.9 Å². The van der Waals surface area contributed by atoms with E-state index >= 15 is 0 Å². The zero-order chi connectivity index (χ0) is 13.1. The van der Waals surface area contributed by atoms with Gasteiger partial charge in [-0.15, -0.1) is 0 Å². The average molecular weight is 252 g/mol. The SMILES string of the molecule is CC(C)(C#N)CCCN1CCC2(CC1)OCCO2. The molecule has 2 rings (SSSR count). The third kappa shape index (κ3) is 3.44. The van der Waals surface area contributed by atoms with E-state index in [1.807, 2.05) is 13.8 Å². The fraction of sp³-hybridized carbons (Fsp3) is 0.929. The van der Waals surface area contributed by atoms with Gasteiger partial charge in [-0.25, -0.2) is 0 Å². The molecule has 2 heterocycles. The molecule has 0 aliphatic carbocycles. The summed E-state index contributed by atoms with van der Waals surface area (Å²) in [7, 11) is 0. The molecule has 0 aromatic rings. The number of hydrogen-bond donors (Lipinski definition) is 0. The first-order valence-corrected chi connectivity index (χ1v) is 6.97. The summed E-state index contributed by atoms with van der Waals surface area (Å²) in [5.74, 6) is -0.261. The summed E-state index contributed by atoms with van der Waals surface area (Å²) in [6, 6.07) is 2.36. The second kappa shape index (κ2) is 5.56. The summed E-state index contributed by atoms with van der Waals surface area (Å²) >= 11 is 0. The lowest BCUT2D eigenvalue weighted by molar-refractivity contribution is -0.185. The van der Waals surface area contributed by atoms with Crippen molar-refractivity contribution in [3.63, 3.8) is 0 Å². The van der Waals surface area contributed by atoms with E-state index in [9.17, 15) is 0 Å². The predicted molar refractivity (Wildman–Crippen MR) is 68.9 cm³/mol. The van der Waals surface area contributed by atoms with Gasteiger partial charge in [0.25, 0.3) is 0 Å². The number of likely N-dealkylation sites (tertiary alicyclic amines) is 1. The minimum absolute atomic E-state index is 0.186. The molecule has 2 aliphatic rings. The fourth-order valence-corrected chi connectivity index (χ4v) is 2.70. The van der Waals surface area contributed by atoms with E-state index in [4.69, 9.17) is 14.7 Å². The maximum atomic E-state index is 8.97. The minimum Gasteiger partial charge on any atom is -0.347 e. The van der Waals surface area contributed by atoms with Crippen molar-refractivity contribution in [2.24, 2.45) is 5.41 Å². The van der Waals surface area contributed by atoms with E-state index in [0.29, 0.717) is 0 Å². The standard InChI is InChI=1S/C14H24N2O2/c1-13(2,12-15)4-3-7-16-8-5-14(6-9-16)17-10-11-18-14/h3-11H2,1-2H3. The number of hydrogen-bond acceptors (Lipinski definition) is 4. The van der Waals surface area contributed by atoms with Crippen LogP contribution in [0.3, 0.4) is 0 Å². The fourth-order valence-electron chi connectivity index (χ4n) is 2.70. The molecule has 0 bridgehead atoms. The highest BCUT2D eigenvalue weighted by atomic mass is 16.7. The van der Waals surface area contributed by atoms with Crippen molar-refractivity contribution in [3.8, 4) is 6.07 Å². The molecule has 102 valence electrons. The van der Waals surface area contributed by atoms with Crippen LogP contribution in [-0.4, -0.2) is 43.5 Å². The highest BCUT2D eigenvalue weighted by Gasteiger charge is 2.39. The Morgan fingerprint density at radius 3 is 2.39 bits per heavy atom. The van der Waals surface area contributed by atoms with Gasteiger partial charge in [0.15, 0.2) is 5.79 Å². The van der Waals surface area contributed by atoms with Gasteiger partial charge in [0.2, 0.25) is 0 Å². The van der Waals surface area contributed by atoms with E-state index in [1.165, 1.54) is 0 Å². The van der Waals surface area contributed by atoms with Crippen molar-refractivity contribution in [2.45, 2.75) is 45.3 Å². The highest BCUT2D eigenvalue weighted by molar-refractivity contribution is 4.91. The largest absolute Gasteiger partial charge is 0.347 e. The molecule has 0 aromatic carbocycles. The van der Waals surface area contributed by atoms with E-state index in [-0.39, 0.29) is 11.2 Å². The van der Waals surface area contributed by atoms with Crippen LogP contribution in [0.1, 0.15) is 39.5 Å². The van der Waals surface area contributed by atoms with E-state index in [1.54, 1.807) is 0 Å². The van der Waals surface area contributed by atoms with Crippen molar-refractivity contribution < 1.29 is 9.47 Å². The second-order valence-electron chi connectivity index (χ2n) is 6.05. The summed E-state index contributed by atoms with van der Waals surface area (Å²) in [5, 5.41) is 8.97. The predicted octanol–water partition coefficient (Wildman–Crippen LogP) is 2.16. The molecule has 4 nitrogen and oxygen atoms in total. The Kier molecular flexibility index (Phi) is 4.26. The van der Waals surface area contributed by atoms with Gasteiger partial charge in [0.05, 0.1) is 24.7 Å². The molecule has 18 heavy (non-hydrogen) atoms. The van der Waals surface area contributed by atoms with Crippen LogP contribution in [-0.2, 0) is 9.47 Å². The van der Waals surface area contributed by atoms with Crippen molar-refractivity contribution >= 4 is 0 Å². The van der Waals surface area contributed by atoms with Crippen LogP contribution in [0.2, 0.25) is 0 Å². The Hall–Kier alpha value is -0.630. The van der Waals surface area contributed by atoms with Crippen molar-refractivity contribution in [3.05, 3.63) is 0 Å². The molecule has 0 atom stereocenters. The van der Waals surface area contributed by atoms with Crippen LogP contribution >= 0.6 is 0 Å². The monoisotopic (exact) mass is 252 g/mol. The van der Waals surface area contributed by atoms with Gasteiger partial charge in [-0.05, 0) is 33.2 Å². The molecule has 2 aliphatic heterocycles. The Bertz CT molecular complexity index is 306. The molecule has 0 unspecified atom stereocenters. The zero-order valence-electron chi connectivity index (χ0n) is 11.6. The molecule has 2 saturated heterocycles. The summed E-state index contributed by atoms with van der Waals surface area (Å²) in [4.78, 5) is 2.46. The zero-order valence-corrected chi connectivity index (χ0v) is 11.6. The molecule has 0 radical (unpaired) electrons. The molecule has 0 aromatic heterocycles. The normalized spacial score (nSPS) is 24.3. The van der Waals surface area contributed by atoms with Gasteiger partial charge < -0.3 is 14.4 Å². The van der Waals surface area contributed by atoms with Crippen LogP contribution in [0, 0.1) is 16.7 Å². The number of ether oxygens (including phenoxy) is 2. The molecule has 0 saturated carbocycles. The van der Waals surface area contributed by atoms with Gasteiger partial charge in [0.1, 0.15) is 0 Å². The number of nitrogens with zero attached hydrogens (tertiary/aromatic N) is 2. The van der Waals surface area contributed by atoms with E-state index < -0.39 is 0 Å². The summed E-state index contributed by atoms with van der Waals surface area (Å²) < 4.78 is 11.4. The van der Waals surface area contributed by atoms with Gasteiger partial charge in [-0.3, -0.25) is 0 Å². The smallest absolute Gasteiger partial charge is 0.170 e. The first-order valence-electron chi connectivity index (χ1n) is 6.97. The van der Waals surface area contributed by atoms with Crippen molar-refractivity contribution in [1.29, 1.82) is 5.26 Å². The van der Waals surface area contributed by atoms with Crippen molar-refractivity contribution in [1.82, 2.24) is 4.90 Å². The van der Waals surface area contributed by atoms with Crippen LogP contribution in [0.25, 0.3) is 0 Å². The molecule has 0 N–H and O–H groups in total. The van der Waals surface area contributed by atoms with Crippen LogP contribution in [0.15, 0.2) is 0 Å². The molecular formula is C14H24N2O2. The minimum atomic E-state index is -0.261. The third-order valence-electron chi connectivity index (χ3n) is 4.01. The van der Waals surface area contributed by atoms with Gasteiger partial charge in [-0.2, -0.15) is 5.26 Å². The molecule has 0 amide bonds. The van der Waals surface area contributed by atoms with Gasteiger partial charge >= 0.3 is 0 Å². The van der Waals surface area contributed by atoms with Crippen LogP contribution in [0.4, 0.5) is 0 Å². The van der Waals surface area contributed by atoms with E-state index in [2.05, 4.69) is 11.0 Å². The third-order valence-corrected chi connectivity index (χ3v) is 4.01. The molecule has 4 heteroatoms. The van der Waals surface area contributed by atoms with Crippen molar-refractivity contribution in [2.75, 3.05) is 32.8 Å². The average Bonchev–Trinajstić information content (AvgIpc) is 2.81. The first kappa shape index (κ1) is 13.8. The lowest BCUT2D eigenvalue weighted by Gasteiger charge is -2.37. The topological polar surface area (TPSA) is 45.5 Å². The number of rotatable bonds is 4. The Labute approximate surface area is 110 Å². The number of piperidine rings is 1. The van der Waals surface area contributed by atoms with E-state index in [0.717, 1.165) is 58.5 Å². The maximum Gasteiger partial charge on any atom is 0.170 e. The summed E-state index contributed by atoms with van der Waals surface area (Å²) in [5.41, 5.74) is -0.186. The Balaban J connectivity index is 1.66. The van der Waals surface area contributed by atoms with Crippen LogP contribution in [0.5, 0.6) is 0 Å². The Morgan fingerprint density at radius 2 is 1.83 bits per heavy atom. The molecule has 2 fully saturated rings. The Morgan fingerprint density at radius 1 is 1.22 bits per heavy atom. The van der Waals surface area contributed by atoms with Crippen LogP contribution < -0.4 is 0 Å². The quantitative estimate of drug-likeness (QED) is 0.769. The summed E-state index contributed by atoms with van der Waals surface area (Å²) in [6.07, 6.45) is 4.02. The number of nitriles is 1. The molecular weight excluding hydrogens is 228 g/mol. The lowest BCUT2D eigenvalue weighted by Crippen LogP contribution is -2.45. The first-order chi connectivity index (χ1) is 8.55. The lowest BCUT2D eigenvalue weighted by atomic mass is 9.89. The second-order valence-corrected chi connectivity index (χ2v) is 6.05. The summed E-state index contributed by atoms with van der Waals surface area (Å²) in [6.45, 7) is 8.70. The van der Waals surface area contributed by atoms with Gasteiger partial charge in [-0.1, -0.05) is 0 Å². The molecule has 1 spiro atoms. The highest BCUT2D eigenvalue weighted by Crippen LogP contribution is 2.31.